The van der Waals surface area contributed by atoms with Crippen molar-refractivity contribution in [1.82, 2.24) is 4.90 Å². The fraction of sp³-hybridized carbons (Fsp3) is 0.375. The number of nitrogens with zero attached hydrogens (tertiary/aromatic N) is 1. The first-order valence-electron chi connectivity index (χ1n) is 6.86. The van der Waals surface area contributed by atoms with Crippen LogP contribution in [-0.4, -0.2) is 34.5 Å². The van der Waals surface area contributed by atoms with Crippen molar-refractivity contribution in [3.8, 4) is 0 Å². The van der Waals surface area contributed by atoms with Gasteiger partial charge < -0.3 is 10.0 Å². The molecule has 0 saturated heterocycles. The molecule has 0 aliphatic heterocycles. The van der Waals surface area contributed by atoms with E-state index < -0.39 is 5.97 Å². The largest absolute Gasteiger partial charge is 0.481 e. The molecule has 4 nitrogen and oxygen atoms in total. The molecule has 0 aliphatic rings. The van der Waals surface area contributed by atoms with Crippen molar-refractivity contribution >= 4 is 18.0 Å². The number of carboxylic acids is 1. The van der Waals surface area contributed by atoms with Gasteiger partial charge in [-0.1, -0.05) is 12.1 Å². The molecule has 0 aromatic heterocycles. The maximum Gasteiger partial charge on any atom is 0.303 e. The molecule has 1 aromatic rings. The zero-order valence-electron chi connectivity index (χ0n) is 12.3. The SMILES string of the molecule is CC(C)N(CCCC(=O)O)C(=O)/C=C/c1ccc(F)cc1. The summed E-state index contributed by atoms with van der Waals surface area (Å²) >= 11 is 0. The second kappa shape index (κ2) is 8.19. The third-order valence-electron chi connectivity index (χ3n) is 2.98. The van der Waals surface area contributed by atoms with Crippen molar-refractivity contribution < 1.29 is 19.1 Å². The highest BCUT2D eigenvalue weighted by Crippen LogP contribution is 2.07. The van der Waals surface area contributed by atoms with Crippen molar-refractivity contribution in [3.63, 3.8) is 0 Å². The van der Waals surface area contributed by atoms with E-state index >= 15 is 0 Å². The van der Waals surface area contributed by atoms with E-state index in [9.17, 15) is 14.0 Å². The van der Waals surface area contributed by atoms with E-state index in [4.69, 9.17) is 5.11 Å². The smallest absolute Gasteiger partial charge is 0.303 e. The Morgan fingerprint density at radius 3 is 2.43 bits per heavy atom. The van der Waals surface area contributed by atoms with E-state index in [-0.39, 0.29) is 24.2 Å². The van der Waals surface area contributed by atoms with Gasteiger partial charge in [-0.25, -0.2) is 4.39 Å². The first kappa shape index (κ1) is 16.9. The Morgan fingerprint density at radius 1 is 1.29 bits per heavy atom. The fourth-order valence-corrected chi connectivity index (χ4v) is 1.86. The van der Waals surface area contributed by atoms with Crippen LogP contribution in [0.15, 0.2) is 30.3 Å². The zero-order chi connectivity index (χ0) is 15.8. The predicted molar refractivity (Wildman–Crippen MR) is 79.2 cm³/mol. The summed E-state index contributed by atoms with van der Waals surface area (Å²) in [6.45, 7) is 4.16. The lowest BCUT2D eigenvalue weighted by Gasteiger charge is -2.25. The number of aliphatic carboxylic acids is 1. The molecule has 0 atom stereocenters. The van der Waals surface area contributed by atoms with Crippen LogP contribution < -0.4 is 0 Å². The third-order valence-corrected chi connectivity index (χ3v) is 2.98. The first-order valence-corrected chi connectivity index (χ1v) is 6.86. The minimum absolute atomic E-state index is 0.0100. The van der Waals surface area contributed by atoms with E-state index in [0.29, 0.717) is 13.0 Å². The number of carboxylic acid groups (broad SMARTS) is 1. The van der Waals surface area contributed by atoms with Crippen molar-refractivity contribution in [2.45, 2.75) is 32.7 Å². The van der Waals surface area contributed by atoms with Gasteiger partial charge in [0, 0.05) is 25.1 Å². The Labute approximate surface area is 123 Å². The number of halogens is 1. The summed E-state index contributed by atoms with van der Waals surface area (Å²) in [7, 11) is 0. The lowest BCUT2D eigenvalue weighted by atomic mass is 10.2. The number of carbonyl (C=O) groups excluding carboxylic acids is 1. The van der Waals surface area contributed by atoms with Crippen LogP contribution in [0.3, 0.4) is 0 Å². The number of rotatable bonds is 7. The number of carbonyl (C=O) groups is 2. The molecule has 0 heterocycles. The minimum atomic E-state index is -0.868. The van der Waals surface area contributed by atoms with E-state index in [1.54, 1.807) is 23.1 Å². The summed E-state index contributed by atoms with van der Waals surface area (Å²) in [5, 5.41) is 8.63. The second-order valence-corrected chi connectivity index (χ2v) is 5.01. The van der Waals surface area contributed by atoms with Crippen molar-refractivity contribution in [2.24, 2.45) is 0 Å². The maximum absolute atomic E-state index is 12.8. The molecule has 21 heavy (non-hydrogen) atoms. The Balaban J connectivity index is 2.63. The lowest BCUT2D eigenvalue weighted by molar-refractivity contribution is -0.138. The van der Waals surface area contributed by atoms with Crippen LogP contribution in [0.25, 0.3) is 6.08 Å². The minimum Gasteiger partial charge on any atom is -0.481 e. The molecule has 1 rings (SSSR count). The van der Waals surface area contributed by atoms with Gasteiger partial charge in [-0.15, -0.1) is 0 Å². The summed E-state index contributed by atoms with van der Waals surface area (Å²) < 4.78 is 12.8. The van der Waals surface area contributed by atoms with Crippen molar-refractivity contribution in [2.75, 3.05) is 6.54 Å². The average molecular weight is 293 g/mol. The summed E-state index contributed by atoms with van der Waals surface area (Å²) in [5.74, 6) is -1.37. The van der Waals surface area contributed by atoms with Gasteiger partial charge in [0.25, 0.3) is 0 Å². The van der Waals surface area contributed by atoms with Crippen molar-refractivity contribution in [3.05, 3.63) is 41.7 Å². The lowest BCUT2D eigenvalue weighted by Crippen LogP contribution is -2.36. The molecule has 1 N–H and O–H groups in total. The van der Waals surface area contributed by atoms with E-state index in [1.165, 1.54) is 18.2 Å². The Bertz CT molecular complexity index is 509. The summed E-state index contributed by atoms with van der Waals surface area (Å²) in [5.41, 5.74) is 0.735. The fourth-order valence-electron chi connectivity index (χ4n) is 1.86. The molecular weight excluding hydrogens is 273 g/mol. The number of amides is 1. The molecule has 0 spiro atoms. The Kier molecular flexibility index (Phi) is 6.59. The second-order valence-electron chi connectivity index (χ2n) is 5.01. The number of benzene rings is 1. The molecule has 1 aromatic carbocycles. The van der Waals surface area contributed by atoms with Gasteiger partial charge in [0.2, 0.25) is 5.91 Å². The van der Waals surface area contributed by atoms with Gasteiger partial charge in [0.15, 0.2) is 0 Å². The van der Waals surface area contributed by atoms with Gasteiger partial charge in [0.05, 0.1) is 0 Å². The Hall–Kier alpha value is -2.17. The van der Waals surface area contributed by atoms with E-state index in [1.807, 2.05) is 13.8 Å². The van der Waals surface area contributed by atoms with E-state index in [0.717, 1.165) is 5.56 Å². The molecule has 5 heteroatoms. The van der Waals surface area contributed by atoms with Crippen LogP contribution in [0.5, 0.6) is 0 Å². The molecule has 0 aliphatic carbocycles. The number of hydrogen-bond donors (Lipinski definition) is 1. The quantitative estimate of drug-likeness (QED) is 0.786. The van der Waals surface area contributed by atoms with Gasteiger partial charge in [-0.2, -0.15) is 0 Å². The zero-order valence-corrected chi connectivity index (χ0v) is 12.3. The van der Waals surface area contributed by atoms with Crippen molar-refractivity contribution in [1.29, 1.82) is 0 Å². The monoisotopic (exact) mass is 293 g/mol. The average Bonchev–Trinajstić information content (AvgIpc) is 2.42. The molecular formula is C16H20FNO3. The third kappa shape index (κ3) is 6.21. The van der Waals surface area contributed by atoms with Gasteiger partial charge >= 0.3 is 5.97 Å². The molecule has 114 valence electrons. The molecule has 0 bridgehead atoms. The molecule has 0 radical (unpaired) electrons. The summed E-state index contributed by atoms with van der Waals surface area (Å²) in [4.78, 5) is 24.2. The van der Waals surface area contributed by atoms with Crippen LogP contribution >= 0.6 is 0 Å². The molecule has 0 saturated carbocycles. The maximum atomic E-state index is 12.8. The Morgan fingerprint density at radius 2 is 1.90 bits per heavy atom. The van der Waals surface area contributed by atoms with E-state index in [2.05, 4.69) is 0 Å². The number of hydrogen-bond acceptors (Lipinski definition) is 2. The van der Waals surface area contributed by atoms with Gasteiger partial charge in [-0.3, -0.25) is 9.59 Å². The van der Waals surface area contributed by atoms with Crippen LogP contribution in [0.2, 0.25) is 0 Å². The standard InChI is InChI=1S/C16H20FNO3/c1-12(2)18(11-3-4-16(20)21)15(19)10-7-13-5-8-14(17)9-6-13/h5-10,12H,3-4,11H2,1-2H3,(H,20,21)/b10-7+. The van der Waals surface area contributed by atoms with Gasteiger partial charge in [0.1, 0.15) is 5.82 Å². The van der Waals surface area contributed by atoms with Gasteiger partial charge in [-0.05, 0) is 44.0 Å². The van der Waals surface area contributed by atoms with Crippen LogP contribution in [0, 0.1) is 5.82 Å². The highest BCUT2D eigenvalue weighted by atomic mass is 19.1. The molecule has 0 fully saturated rings. The summed E-state index contributed by atoms with van der Waals surface area (Å²) in [6, 6.07) is 5.82. The van der Waals surface area contributed by atoms with Crippen LogP contribution in [0.4, 0.5) is 4.39 Å². The van der Waals surface area contributed by atoms with Crippen LogP contribution in [0.1, 0.15) is 32.3 Å². The molecule has 1 amide bonds. The van der Waals surface area contributed by atoms with Crippen LogP contribution in [-0.2, 0) is 9.59 Å². The first-order chi connectivity index (χ1) is 9.90. The molecule has 0 unspecified atom stereocenters. The predicted octanol–water partition coefficient (Wildman–Crippen LogP) is 2.94. The normalized spacial score (nSPS) is 11.0. The summed E-state index contributed by atoms with van der Waals surface area (Å²) in [6.07, 6.45) is 3.50. The topological polar surface area (TPSA) is 57.6 Å². The highest BCUT2D eigenvalue weighted by Gasteiger charge is 2.14. The highest BCUT2D eigenvalue weighted by molar-refractivity contribution is 5.92.